The summed E-state index contributed by atoms with van der Waals surface area (Å²) in [6, 6.07) is 7.70. The molecule has 1 heterocycles. The van der Waals surface area contributed by atoms with E-state index in [-0.39, 0.29) is 6.61 Å². The van der Waals surface area contributed by atoms with E-state index in [9.17, 15) is 0 Å². The Kier molecular flexibility index (Phi) is 1.62. The molecule has 0 saturated carbocycles. The second kappa shape index (κ2) is 2.64. The molecule has 2 aromatic rings. The third-order valence-corrected chi connectivity index (χ3v) is 1.89. The summed E-state index contributed by atoms with van der Waals surface area (Å²) in [7, 11) is 0. The first kappa shape index (κ1) is 7.37. The minimum Gasteiger partial charge on any atom is -0.461 e. The Morgan fingerprint density at radius 2 is 2.17 bits per heavy atom. The summed E-state index contributed by atoms with van der Waals surface area (Å²) in [5.74, 6) is 0.903. The fourth-order valence-electron chi connectivity index (χ4n) is 1.31. The van der Waals surface area contributed by atoms with Gasteiger partial charge < -0.3 is 9.52 Å². The predicted molar refractivity (Wildman–Crippen MR) is 46.9 cm³/mol. The molecule has 2 nitrogen and oxygen atoms in total. The molecule has 1 aromatic carbocycles. The molecule has 0 aliphatic heterocycles. The summed E-state index contributed by atoms with van der Waals surface area (Å²) in [5.41, 5.74) is 1.73. The van der Waals surface area contributed by atoms with Gasteiger partial charge in [0, 0.05) is 5.39 Å². The number of rotatable bonds is 1. The quantitative estimate of drug-likeness (QED) is 0.697. The number of furan rings is 1. The third kappa shape index (κ3) is 1.10. The average molecular weight is 162 g/mol. The molecule has 0 atom stereocenters. The van der Waals surface area contributed by atoms with Gasteiger partial charge in [-0.05, 0) is 24.6 Å². The van der Waals surface area contributed by atoms with Crippen molar-refractivity contribution in [3.05, 3.63) is 35.6 Å². The first-order chi connectivity index (χ1) is 5.79. The van der Waals surface area contributed by atoms with Crippen LogP contribution in [0.5, 0.6) is 0 Å². The van der Waals surface area contributed by atoms with Gasteiger partial charge in [-0.1, -0.05) is 12.1 Å². The van der Waals surface area contributed by atoms with Crippen LogP contribution in [0.3, 0.4) is 0 Å². The molecule has 1 N–H and O–H groups in total. The van der Waals surface area contributed by atoms with E-state index in [4.69, 9.17) is 9.52 Å². The van der Waals surface area contributed by atoms with Gasteiger partial charge in [-0.3, -0.25) is 0 Å². The molecule has 0 unspecified atom stereocenters. The Labute approximate surface area is 70.4 Å². The number of hydrogen-bond acceptors (Lipinski definition) is 2. The SMILES string of the molecule is Cc1cc2ccc(CO)cc2o1. The maximum atomic E-state index is 8.86. The van der Waals surface area contributed by atoms with Crippen LogP contribution in [0.4, 0.5) is 0 Å². The summed E-state index contributed by atoms with van der Waals surface area (Å²) >= 11 is 0. The zero-order valence-electron chi connectivity index (χ0n) is 6.87. The summed E-state index contributed by atoms with van der Waals surface area (Å²) in [6.45, 7) is 1.98. The zero-order valence-corrected chi connectivity index (χ0v) is 6.87. The van der Waals surface area contributed by atoms with Crippen LogP contribution in [0.15, 0.2) is 28.7 Å². The lowest BCUT2D eigenvalue weighted by Gasteiger charge is -1.93. The van der Waals surface area contributed by atoms with E-state index in [1.165, 1.54) is 0 Å². The number of benzene rings is 1. The van der Waals surface area contributed by atoms with Gasteiger partial charge in [0.05, 0.1) is 6.61 Å². The van der Waals surface area contributed by atoms with Gasteiger partial charge >= 0.3 is 0 Å². The molecule has 0 aliphatic rings. The Bertz CT molecular complexity index is 401. The largest absolute Gasteiger partial charge is 0.461 e. The van der Waals surface area contributed by atoms with E-state index in [1.807, 2.05) is 31.2 Å². The second-order valence-corrected chi connectivity index (χ2v) is 2.89. The number of aliphatic hydroxyl groups is 1. The Hall–Kier alpha value is -1.28. The number of aliphatic hydroxyl groups excluding tert-OH is 1. The van der Waals surface area contributed by atoms with Crippen LogP contribution in [0.2, 0.25) is 0 Å². The van der Waals surface area contributed by atoms with Gasteiger partial charge in [0.1, 0.15) is 11.3 Å². The highest BCUT2D eigenvalue weighted by Gasteiger charge is 2.00. The molecule has 1 aromatic heterocycles. The molecule has 0 radical (unpaired) electrons. The van der Waals surface area contributed by atoms with Crippen LogP contribution in [0, 0.1) is 6.92 Å². The minimum absolute atomic E-state index is 0.0652. The number of hydrogen-bond donors (Lipinski definition) is 1. The number of aryl methyl sites for hydroxylation is 1. The third-order valence-electron chi connectivity index (χ3n) is 1.89. The first-order valence-electron chi connectivity index (χ1n) is 3.89. The highest BCUT2D eigenvalue weighted by molar-refractivity contribution is 5.78. The molecule has 0 saturated heterocycles. The summed E-state index contributed by atoms with van der Waals surface area (Å²) in [4.78, 5) is 0. The lowest BCUT2D eigenvalue weighted by atomic mass is 10.2. The van der Waals surface area contributed by atoms with Gasteiger partial charge in [0.15, 0.2) is 0 Å². The van der Waals surface area contributed by atoms with Crippen molar-refractivity contribution in [3.63, 3.8) is 0 Å². The highest BCUT2D eigenvalue weighted by Crippen LogP contribution is 2.19. The molecule has 12 heavy (non-hydrogen) atoms. The molecule has 2 heteroatoms. The van der Waals surface area contributed by atoms with Crippen LogP contribution in [-0.4, -0.2) is 5.11 Å². The Morgan fingerprint density at radius 1 is 1.33 bits per heavy atom. The fourth-order valence-corrected chi connectivity index (χ4v) is 1.31. The maximum absolute atomic E-state index is 8.86. The van der Waals surface area contributed by atoms with E-state index < -0.39 is 0 Å². The van der Waals surface area contributed by atoms with Crippen molar-refractivity contribution in [1.82, 2.24) is 0 Å². The van der Waals surface area contributed by atoms with E-state index in [0.29, 0.717) is 0 Å². The molecule has 0 fully saturated rings. The molecular weight excluding hydrogens is 152 g/mol. The van der Waals surface area contributed by atoms with E-state index in [1.54, 1.807) is 0 Å². The molecular formula is C10H10O2. The van der Waals surface area contributed by atoms with Crippen LogP contribution >= 0.6 is 0 Å². The van der Waals surface area contributed by atoms with Gasteiger partial charge in [-0.2, -0.15) is 0 Å². The van der Waals surface area contributed by atoms with Crippen molar-refractivity contribution < 1.29 is 9.52 Å². The van der Waals surface area contributed by atoms with Crippen molar-refractivity contribution >= 4 is 11.0 Å². The second-order valence-electron chi connectivity index (χ2n) is 2.89. The van der Waals surface area contributed by atoms with Gasteiger partial charge in [0.2, 0.25) is 0 Å². The van der Waals surface area contributed by atoms with Crippen LogP contribution in [0.25, 0.3) is 11.0 Å². The topological polar surface area (TPSA) is 33.4 Å². The first-order valence-corrected chi connectivity index (χ1v) is 3.89. The minimum atomic E-state index is 0.0652. The van der Waals surface area contributed by atoms with Crippen molar-refractivity contribution in [1.29, 1.82) is 0 Å². The molecule has 62 valence electrons. The van der Waals surface area contributed by atoms with E-state index >= 15 is 0 Å². The highest BCUT2D eigenvalue weighted by atomic mass is 16.3. The lowest BCUT2D eigenvalue weighted by Crippen LogP contribution is -1.79. The van der Waals surface area contributed by atoms with Gasteiger partial charge in [0.25, 0.3) is 0 Å². The molecule has 0 amide bonds. The van der Waals surface area contributed by atoms with Crippen LogP contribution in [-0.2, 0) is 6.61 Å². The molecule has 0 bridgehead atoms. The van der Waals surface area contributed by atoms with E-state index in [2.05, 4.69) is 0 Å². The van der Waals surface area contributed by atoms with E-state index in [0.717, 1.165) is 22.3 Å². The zero-order chi connectivity index (χ0) is 8.55. The lowest BCUT2D eigenvalue weighted by molar-refractivity contribution is 0.282. The van der Waals surface area contributed by atoms with Crippen LogP contribution < -0.4 is 0 Å². The average Bonchev–Trinajstić information content (AvgIpc) is 2.43. The normalized spacial score (nSPS) is 10.8. The van der Waals surface area contributed by atoms with Crippen molar-refractivity contribution in [2.45, 2.75) is 13.5 Å². The molecule has 0 spiro atoms. The number of fused-ring (bicyclic) bond motifs is 1. The van der Waals surface area contributed by atoms with Crippen molar-refractivity contribution in [2.24, 2.45) is 0 Å². The fraction of sp³-hybridized carbons (Fsp3) is 0.200. The monoisotopic (exact) mass is 162 g/mol. The van der Waals surface area contributed by atoms with Crippen molar-refractivity contribution in [2.75, 3.05) is 0 Å². The van der Waals surface area contributed by atoms with Gasteiger partial charge in [-0.15, -0.1) is 0 Å². The summed E-state index contributed by atoms with van der Waals surface area (Å²) in [6.07, 6.45) is 0. The Balaban J connectivity index is 2.66. The van der Waals surface area contributed by atoms with Crippen molar-refractivity contribution in [3.8, 4) is 0 Å². The summed E-state index contributed by atoms with van der Waals surface area (Å²) < 4.78 is 5.40. The summed E-state index contributed by atoms with van der Waals surface area (Å²) in [5, 5.41) is 9.95. The molecule has 2 rings (SSSR count). The van der Waals surface area contributed by atoms with Crippen LogP contribution in [0.1, 0.15) is 11.3 Å². The smallest absolute Gasteiger partial charge is 0.134 e. The molecule has 0 aliphatic carbocycles. The van der Waals surface area contributed by atoms with Gasteiger partial charge in [-0.25, -0.2) is 0 Å². The predicted octanol–water partition coefficient (Wildman–Crippen LogP) is 2.23. The maximum Gasteiger partial charge on any atom is 0.134 e. The standard InChI is InChI=1S/C10H10O2/c1-7-4-9-3-2-8(6-11)5-10(9)12-7/h2-5,11H,6H2,1H3. The Morgan fingerprint density at radius 3 is 2.92 bits per heavy atom.